The lowest BCUT2D eigenvalue weighted by Gasteiger charge is -2.25. The highest BCUT2D eigenvalue weighted by Crippen LogP contribution is 2.42. The lowest BCUT2D eigenvalue weighted by Crippen LogP contribution is -2.29. The number of carbonyl (C=O) groups is 3. The van der Waals surface area contributed by atoms with Crippen molar-refractivity contribution < 1.29 is 36.7 Å². The third-order valence-corrected chi connectivity index (χ3v) is 7.57. The van der Waals surface area contributed by atoms with Gasteiger partial charge in [-0.3, -0.25) is 14.4 Å². The van der Waals surface area contributed by atoms with Gasteiger partial charge in [-0.15, -0.1) is 0 Å². The van der Waals surface area contributed by atoms with Crippen LogP contribution in [0.4, 0.5) is 4.39 Å². The maximum absolute atomic E-state index is 13.8. The molecule has 0 radical (unpaired) electrons. The number of hydrogen-bond donors (Lipinski definition) is 0. The summed E-state index contributed by atoms with van der Waals surface area (Å²) in [6, 6.07) is 6.96. The number of esters is 2. The molecular formula is C23H22BrFO7S. The molecule has 1 atom stereocenters. The van der Waals surface area contributed by atoms with E-state index in [2.05, 4.69) is 15.9 Å². The molecule has 0 heterocycles. The highest BCUT2D eigenvalue weighted by Gasteiger charge is 2.37. The Balaban J connectivity index is 2.26. The summed E-state index contributed by atoms with van der Waals surface area (Å²) in [6.07, 6.45) is 1.39. The Kier molecular flexibility index (Phi) is 7.38. The van der Waals surface area contributed by atoms with Gasteiger partial charge in [0, 0.05) is 28.6 Å². The highest BCUT2D eigenvalue weighted by atomic mass is 79.9. The number of methoxy groups -OCH3 is 2. The van der Waals surface area contributed by atoms with Crippen molar-refractivity contribution in [2.75, 3.05) is 20.5 Å². The molecule has 0 unspecified atom stereocenters. The van der Waals surface area contributed by atoms with Crippen molar-refractivity contribution in [1.29, 1.82) is 0 Å². The number of fused-ring (bicyclic) bond motifs is 1. The monoisotopic (exact) mass is 540 g/mol. The maximum atomic E-state index is 13.8. The molecule has 0 spiro atoms. The first-order chi connectivity index (χ1) is 15.5. The zero-order valence-corrected chi connectivity index (χ0v) is 20.6. The molecule has 0 amide bonds. The number of hydrogen-bond acceptors (Lipinski definition) is 7. The molecule has 1 aliphatic rings. The van der Waals surface area contributed by atoms with E-state index in [4.69, 9.17) is 9.47 Å². The summed E-state index contributed by atoms with van der Waals surface area (Å²) in [5.41, 5.74) is 1.81. The molecule has 10 heteroatoms. The molecule has 0 fully saturated rings. The van der Waals surface area contributed by atoms with Gasteiger partial charge in [0.2, 0.25) is 0 Å². The van der Waals surface area contributed by atoms with Crippen LogP contribution in [0.1, 0.15) is 45.8 Å². The standard InChI is InChI=1S/C23H22BrFO7S/c1-31-22(27)17(23(28)32-2)11-16(14-5-4-12(25)10-18(14)24)13-7-9-20(33(3,29)30)21-15(13)6-8-19(21)26/h4-5,7,9-10,16-17H,6,8,11H2,1-3H3/t16-/m1/s1. The van der Waals surface area contributed by atoms with Gasteiger partial charge in [0.25, 0.3) is 0 Å². The van der Waals surface area contributed by atoms with Crippen LogP contribution in [0, 0.1) is 11.7 Å². The first-order valence-corrected chi connectivity index (χ1v) is 12.7. The van der Waals surface area contributed by atoms with E-state index < -0.39 is 39.4 Å². The number of Topliss-reactive ketones (excluding diaryl/α,β-unsaturated/α-hetero) is 1. The van der Waals surface area contributed by atoms with Crippen LogP contribution in [0.15, 0.2) is 39.7 Å². The third-order valence-electron chi connectivity index (χ3n) is 5.75. The predicted molar refractivity (Wildman–Crippen MR) is 120 cm³/mol. The molecular weight excluding hydrogens is 519 g/mol. The Morgan fingerprint density at radius 1 is 1.06 bits per heavy atom. The van der Waals surface area contributed by atoms with E-state index in [9.17, 15) is 27.2 Å². The average molecular weight is 541 g/mol. The van der Waals surface area contributed by atoms with E-state index >= 15 is 0 Å². The smallest absolute Gasteiger partial charge is 0.320 e. The van der Waals surface area contributed by atoms with Gasteiger partial charge in [-0.25, -0.2) is 12.8 Å². The zero-order chi connectivity index (χ0) is 24.5. The molecule has 0 N–H and O–H groups in total. The molecule has 0 bridgehead atoms. The summed E-state index contributed by atoms with van der Waals surface area (Å²) < 4.78 is 48.4. The van der Waals surface area contributed by atoms with Crippen LogP contribution in [0.2, 0.25) is 0 Å². The van der Waals surface area contributed by atoms with Crippen LogP contribution in [-0.4, -0.2) is 46.6 Å². The van der Waals surface area contributed by atoms with E-state index in [1.165, 1.54) is 24.3 Å². The summed E-state index contributed by atoms with van der Waals surface area (Å²) in [5.74, 6) is -4.34. The minimum Gasteiger partial charge on any atom is -0.468 e. The van der Waals surface area contributed by atoms with Crippen molar-refractivity contribution in [3.63, 3.8) is 0 Å². The minimum atomic E-state index is -3.67. The molecule has 0 saturated carbocycles. The van der Waals surface area contributed by atoms with Gasteiger partial charge in [0.05, 0.1) is 19.1 Å². The summed E-state index contributed by atoms with van der Waals surface area (Å²) in [4.78, 5) is 37.3. The number of ether oxygens (including phenoxy) is 2. The van der Waals surface area contributed by atoms with Crippen molar-refractivity contribution in [2.45, 2.75) is 30.1 Å². The zero-order valence-electron chi connectivity index (χ0n) is 18.2. The second-order valence-corrected chi connectivity index (χ2v) is 10.6. The number of benzene rings is 2. The largest absolute Gasteiger partial charge is 0.468 e. The average Bonchev–Trinajstić information content (AvgIpc) is 3.15. The van der Waals surface area contributed by atoms with Crippen LogP contribution >= 0.6 is 15.9 Å². The first-order valence-electron chi connectivity index (χ1n) is 9.99. The van der Waals surface area contributed by atoms with Gasteiger partial charge in [0.15, 0.2) is 21.5 Å². The SMILES string of the molecule is COC(=O)C(C[C@@H](c1ccc(F)cc1Br)c1ccc(S(C)(=O)=O)c2c1CCC2=O)C(=O)OC. The highest BCUT2D eigenvalue weighted by molar-refractivity contribution is 9.10. The lowest BCUT2D eigenvalue weighted by atomic mass is 9.80. The fraction of sp³-hybridized carbons (Fsp3) is 0.348. The lowest BCUT2D eigenvalue weighted by molar-refractivity contribution is -0.159. The van der Waals surface area contributed by atoms with E-state index in [0.29, 0.717) is 27.6 Å². The minimum absolute atomic E-state index is 0.0573. The Labute approximate surface area is 199 Å². The van der Waals surface area contributed by atoms with Crippen LogP contribution in [0.3, 0.4) is 0 Å². The normalized spacial score (nSPS) is 14.2. The van der Waals surface area contributed by atoms with Crippen molar-refractivity contribution >= 4 is 43.5 Å². The second-order valence-electron chi connectivity index (χ2n) is 7.75. The fourth-order valence-corrected chi connectivity index (χ4v) is 5.78. The predicted octanol–water partition coefficient (Wildman–Crippen LogP) is 3.60. The van der Waals surface area contributed by atoms with E-state index in [1.54, 1.807) is 6.07 Å². The molecule has 0 aromatic heterocycles. The van der Waals surface area contributed by atoms with E-state index in [1.807, 2.05) is 0 Å². The third kappa shape index (κ3) is 5.01. The second kappa shape index (κ2) is 9.72. The number of sulfone groups is 1. The summed E-state index contributed by atoms with van der Waals surface area (Å²) in [6.45, 7) is 0. The Morgan fingerprint density at radius 2 is 1.67 bits per heavy atom. The van der Waals surface area contributed by atoms with Gasteiger partial charge < -0.3 is 9.47 Å². The molecule has 2 aromatic carbocycles. The first kappa shape index (κ1) is 25.0. The van der Waals surface area contributed by atoms with Crippen molar-refractivity contribution in [2.24, 2.45) is 5.92 Å². The molecule has 176 valence electrons. The quantitative estimate of drug-likeness (QED) is 0.390. The Bertz CT molecular complexity index is 1220. The number of ketones is 1. The van der Waals surface area contributed by atoms with Gasteiger partial charge in [-0.1, -0.05) is 28.1 Å². The Hall–Kier alpha value is -2.59. The van der Waals surface area contributed by atoms with Crippen molar-refractivity contribution in [1.82, 2.24) is 0 Å². The molecule has 1 aliphatic carbocycles. The molecule has 0 aliphatic heterocycles. The van der Waals surface area contributed by atoms with E-state index in [-0.39, 0.29) is 29.1 Å². The maximum Gasteiger partial charge on any atom is 0.320 e. The molecule has 0 saturated heterocycles. The summed E-state index contributed by atoms with van der Waals surface area (Å²) in [5, 5.41) is 0. The van der Waals surface area contributed by atoms with E-state index in [0.717, 1.165) is 20.5 Å². The number of rotatable bonds is 7. The van der Waals surface area contributed by atoms with Crippen LogP contribution < -0.4 is 0 Å². The topological polar surface area (TPSA) is 104 Å². The number of carbonyl (C=O) groups excluding carboxylic acids is 3. The summed E-state index contributed by atoms with van der Waals surface area (Å²) >= 11 is 3.35. The fourth-order valence-electron chi connectivity index (χ4n) is 4.23. The molecule has 7 nitrogen and oxygen atoms in total. The summed E-state index contributed by atoms with van der Waals surface area (Å²) in [7, 11) is -1.37. The van der Waals surface area contributed by atoms with Gasteiger partial charge in [-0.2, -0.15) is 0 Å². The Morgan fingerprint density at radius 3 is 2.21 bits per heavy atom. The number of halogens is 2. The van der Waals surface area contributed by atoms with Gasteiger partial charge in [0.1, 0.15) is 5.82 Å². The van der Waals surface area contributed by atoms with Crippen LogP contribution in [-0.2, 0) is 35.3 Å². The molecule has 3 rings (SSSR count). The van der Waals surface area contributed by atoms with Crippen molar-refractivity contribution in [3.8, 4) is 0 Å². The van der Waals surface area contributed by atoms with Gasteiger partial charge >= 0.3 is 11.9 Å². The molecule has 2 aromatic rings. The van der Waals surface area contributed by atoms with Crippen molar-refractivity contribution in [3.05, 3.63) is 62.9 Å². The molecule has 33 heavy (non-hydrogen) atoms. The van der Waals surface area contributed by atoms with Crippen LogP contribution in [0.5, 0.6) is 0 Å². The van der Waals surface area contributed by atoms with Gasteiger partial charge in [-0.05, 0) is 47.7 Å². The van der Waals surface area contributed by atoms with Crippen LogP contribution in [0.25, 0.3) is 0 Å².